The summed E-state index contributed by atoms with van der Waals surface area (Å²) in [6.07, 6.45) is -1.02. The molecule has 0 amide bonds. The van der Waals surface area contributed by atoms with E-state index in [0.717, 1.165) is 43.0 Å². The van der Waals surface area contributed by atoms with Gasteiger partial charge in [0, 0.05) is 11.6 Å². The third kappa shape index (κ3) is 14.1. The van der Waals surface area contributed by atoms with Crippen molar-refractivity contribution >= 4 is 23.5 Å². The number of aryl methyl sites for hydroxylation is 2. The van der Waals surface area contributed by atoms with Crippen LogP contribution in [0.4, 0.5) is 13.2 Å². The topological polar surface area (TPSA) is 95.9 Å². The summed E-state index contributed by atoms with van der Waals surface area (Å²) < 4.78 is 37.5. The van der Waals surface area contributed by atoms with Crippen LogP contribution in [-0.2, 0) is 22.4 Å². The quantitative estimate of drug-likeness (QED) is 0.364. The van der Waals surface area contributed by atoms with Crippen LogP contribution in [0.5, 0.6) is 5.75 Å². The zero-order valence-corrected chi connectivity index (χ0v) is 18.7. The highest BCUT2D eigenvalue weighted by molar-refractivity contribution is 6.30. The molecule has 2 rings (SSSR count). The molecule has 182 valence electrons. The molecular formula is C23H27ClF3NO5. The maximum atomic E-state index is 10.6. The number of carboxylic acids is 2. The van der Waals surface area contributed by atoms with Gasteiger partial charge in [0.2, 0.25) is 0 Å². The average molecular weight is 490 g/mol. The number of aliphatic carboxylic acids is 2. The summed E-state index contributed by atoms with van der Waals surface area (Å²) in [4.78, 5) is 19.3. The smallest absolute Gasteiger partial charge is 0.490 e. The summed E-state index contributed by atoms with van der Waals surface area (Å²) in [6, 6.07) is 16.1. The molecular weight excluding hydrogens is 463 g/mol. The van der Waals surface area contributed by atoms with E-state index in [1.807, 2.05) is 36.4 Å². The molecule has 0 heterocycles. The molecule has 0 aromatic heterocycles. The van der Waals surface area contributed by atoms with Gasteiger partial charge in [0.15, 0.2) is 0 Å². The molecule has 6 nitrogen and oxygen atoms in total. The summed E-state index contributed by atoms with van der Waals surface area (Å²) >= 11 is 5.88. The normalized spacial score (nSPS) is 10.8. The van der Waals surface area contributed by atoms with Crippen LogP contribution in [0, 0.1) is 0 Å². The van der Waals surface area contributed by atoms with Crippen molar-refractivity contribution in [3.8, 4) is 5.75 Å². The lowest BCUT2D eigenvalue weighted by atomic mass is 10.1. The molecule has 0 aliphatic carbocycles. The molecule has 0 saturated carbocycles. The van der Waals surface area contributed by atoms with E-state index in [-0.39, 0.29) is 6.42 Å². The molecule has 3 N–H and O–H groups in total. The van der Waals surface area contributed by atoms with Crippen molar-refractivity contribution in [2.45, 2.75) is 38.3 Å². The van der Waals surface area contributed by atoms with Crippen LogP contribution in [0.3, 0.4) is 0 Å². The van der Waals surface area contributed by atoms with Crippen LogP contribution < -0.4 is 10.1 Å². The molecule has 0 bridgehead atoms. The second-order valence-electron chi connectivity index (χ2n) is 7.02. The lowest BCUT2D eigenvalue weighted by molar-refractivity contribution is -0.192. The molecule has 2 aromatic carbocycles. The average Bonchev–Trinajstić information content (AvgIpc) is 2.75. The van der Waals surface area contributed by atoms with Crippen molar-refractivity contribution < 1.29 is 37.7 Å². The molecule has 0 aliphatic rings. The van der Waals surface area contributed by atoms with E-state index in [4.69, 9.17) is 31.3 Å². The molecule has 2 aromatic rings. The van der Waals surface area contributed by atoms with E-state index < -0.39 is 18.1 Å². The Balaban J connectivity index is 0.000000675. The minimum atomic E-state index is -5.08. The minimum absolute atomic E-state index is 0.171. The Labute approximate surface area is 195 Å². The van der Waals surface area contributed by atoms with E-state index in [0.29, 0.717) is 13.2 Å². The van der Waals surface area contributed by atoms with Gasteiger partial charge in [-0.1, -0.05) is 35.9 Å². The Hall–Kier alpha value is -2.78. The Kier molecular flexibility index (Phi) is 13.0. The van der Waals surface area contributed by atoms with Gasteiger partial charge in [0.1, 0.15) is 5.75 Å². The van der Waals surface area contributed by atoms with Gasteiger partial charge < -0.3 is 20.3 Å². The number of ether oxygens (including phenoxy) is 1. The molecule has 0 radical (unpaired) electrons. The van der Waals surface area contributed by atoms with Gasteiger partial charge >= 0.3 is 18.1 Å². The van der Waals surface area contributed by atoms with Crippen LogP contribution in [0.25, 0.3) is 0 Å². The molecule has 0 unspecified atom stereocenters. The van der Waals surface area contributed by atoms with E-state index >= 15 is 0 Å². The number of halogens is 4. The molecule has 0 spiro atoms. The number of rotatable bonds is 12. The van der Waals surface area contributed by atoms with Gasteiger partial charge in [0.05, 0.1) is 13.0 Å². The van der Waals surface area contributed by atoms with Crippen LogP contribution in [0.15, 0.2) is 48.5 Å². The minimum Gasteiger partial charge on any atom is -0.494 e. The van der Waals surface area contributed by atoms with E-state index in [1.165, 1.54) is 11.1 Å². The van der Waals surface area contributed by atoms with Crippen molar-refractivity contribution in [3.63, 3.8) is 0 Å². The first-order chi connectivity index (χ1) is 15.6. The van der Waals surface area contributed by atoms with Crippen molar-refractivity contribution in [1.82, 2.24) is 5.32 Å². The van der Waals surface area contributed by atoms with Crippen LogP contribution in [0.1, 0.15) is 30.4 Å². The highest BCUT2D eigenvalue weighted by Crippen LogP contribution is 2.15. The number of carboxylic acid groups (broad SMARTS) is 2. The molecule has 33 heavy (non-hydrogen) atoms. The number of carbonyl (C=O) groups is 2. The monoisotopic (exact) mass is 489 g/mol. The summed E-state index contributed by atoms with van der Waals surface area (Å²) in [7, 11) is 0. The highest BCUT2D eigenvalue weighted by atomic mass is 35.5. The second kappa shape index (κ2) is 15.1. The first kappa shape index (κ1) is 28.3. The SMILES string of the molecule is O=C(O)C(F)(F)F.O=C(O)CCNCCCc1ccc(OCCCc2ccc(Cl)cc2)cc1. The fourth-order valence-corrected chi connectivity index (χ4v) is 2.73. The molecule has 0 aliphatic heterocycles. The van der Waals surface area contributed by atoms with Gasteiger partial charge in [-0.2, -0.15) is 13.2 Å². The van der Waals surface area contributed by atoms with Gasteiger partial charge in [-0.3, -0.25) is 4.79 Å². The van der Waals surface area contributed by atoms with E-state index in [1.54, 1.807) is 0 Å². The third-order valence-electron chi connectivity index (χ3n) is 4.29. The maximum absolute atomic E-state index is 10.6. The molecule has 0 fully saturated rings. The second-order valence-corrected chi connectivity index (χ2v) is 7.46. The summed E-state index contributed by atoms with van der Waals surface area (Å²) in [5.74, 6) is -2.63. The Bertz CT molecular complexity index is 843. The molecule has 0 atom stereocenters. The fourth-order valence-electron chi connectivity index (χ4n) is 2.61. The van der Waals surface area contributed by atoms with Crippen molar-refractivity contribution in [1.29, 1.82) is 0 Å². The predicted molar refractivity (Wildman–Crippen MR) is 119 cm³/mol. The third-order valence-corrected chi connectivity index (χ3v) is 4.54. The number of benzene rings is 2. The van der Waals surface area contributed by atoms with Gasteiger partial charge in [-0.15, -0.1) is 0 Å². The fraction of sp³-hybridized carbons (Fsp3) is 0.391. The van der Waals surface area contributed by atoms with Gasteiger partial charge in [-0.05, 0) is 67.6 Å². The number of alkyl halides is 3. The van der Waals surface area contributed by atoms with Crippen LogP contribution in [-0.4, -0.2) is 48.0 Å². The van der Waals surface area contributed by atoms with Gasteiger partial charge in [0.25, 0.3) is 0 Å². The maximum Gasteiger partial charge on any atom is 0.490 e. The highest BCUT2D eigenvalue weighted by Gasteiger charge is 2.38. The Morgan fingerprint density at radius 2 is 1.39 bits per heavy atom. The summed E-state index contributed by atoms with van der Waals surface area (Å²) in [5, 5.41) is 19.6. The van der Waals surface area contributed by atoms with Crippen molar-refractivity contribution in [2.24, 2.45) is 0 Å². The lowest BCUT2D eigenvalue weighted by Crippen LogP contribution is -2.21. The first-order valence-corrected chi connectivity index (χ1v) is 10.6. The molecule has 0 saturated heterocycles. The van der Waals surface area contributed by atoms with Gasteiger partial charge in [-0.25, -0.2) is 4.79 Å². The number of hydrogen-bond donors (Lipinski definition) is 3. The zero-order valence-electron chi connectivity index (χ0n) is 17.9. The van der Waals surface area contributed by atoms with Crippen LogP contribution in [0.2, 0.25) is 5.02 Å². The number of nitrogens with one attached hydrogen (secondary N) is 1. The zero-order chi connectivity index (χ0) is 24.7. The van der Waals surface area contributed by atoms with E-state index in [2.05, 4.69) is 17.4 Å². The number of hydrogen-bond acceptors (Lipinski definition) is 4. The first-order valence-electron chi connectivity index (χ1n) is 10.3. The predicted octanol–water partition coefficient (Wildman–Crippen LogP) is 4.98. The van der Waals surface area contributed by atoms with Crippen molar-refractivity contribution in [2.75, 3.05) is 19.7 Å². The largest absolute Gasteiger partial charge is 0.494 e. The standard InChI is InChI=1S/C21H26ClNO3.C2HF3O2/c22-19-9-5-18(6-10-19)4-2-16-26-20-11-7-17(8-12-20)3-1-14-23-15-13-21(24)25;3-2(4,5)1(6)7/h5-12,23H,1-4,13-16H2,(H,24,25);(H,6,7). The Morgan fingerprint density at radius 1 is 0.879 bits per heavy atom. The van der Waals surface area contributed by atoms with E-state index in [9.17, 15) is 18.0 Å². The summed E-state index contributed by atoms with van der Waals surface area (Å²) in [5.41, 5.74) is 2.53. The summed E-state index contributed by atoms with van der Waals surface area (Å²) in [6.45, 7) is 2.05. The lowest BCUT2D eigenvalue weighted by Gasteiger charge is -2.08. The molecule has 10 heteroatoms. The Morgan fingerprint density at radius 3 is 1.91 bits per heavy atom. The van der Waals surface area contributed by atoms with Crippen molar-refractivity contribution in [3.05, 3.63) is 64.7 Å². The van der Waals surface area contributed by atoms with Crippen LogP contribution >= 0.6 is 11.6 Å².